The summed E-state index contributed by atoms with van der Waals surface area (Å²) in [5, 5.41) is 0. The van der Waals surface area contributed by atoms with Gasteiger partial charge in [0.2, 0.25) is 5.91 Å². The highest BCUT2D eigenvalue weighted by molar-refractivity contribution is 5.85. The maximum Gasteiger partial charge on any atom is 0.239 e. The highest BCUT2D eigenvalue weighted by Gasteiger charge is 2.24. The van der Waals surface area contributed by atoms with Gasteiger partial charge in [0.1, 0.15) is 0 Å². The molecule has 0 radical (unpaired) electrons. The Bertz CT molecular complexity index is 197. The monoisotopic (exact) mass is 250 g/mol. The molecule has 0 saturated heterocycles. The van der Waals surface area contributed by atoms with Crippen LogP contribution in [0.4, 0.5) is 0 Å². The molecule has 0 aliphatic carbocycles. The summed E-state index contributed by atoms with van der Waals surface area (Å²) in [5.74, 6) is 0.859. The first kappa shape index (κ1) is 18.1. The number of nitrogens with zero attached hydrogens (tertiary/aromatic N) is 1. The van der Waals surface area contributed by atoms with Crippen LogP contribution < -0.4 is 5.73 Å². The van der Waals surface area contributed by atoms with E-state index in [4.69, 9.17) is 5.73 Å². The number of carbonyl (C=O) groups is 1. The normalized spacial score (nSPS) is 14.2. The quantitative estimate of drug-likeness (QED) is 0.786. The Labute approximate surface area is 106 Å². The Balaban J connectivity index is 0. The largest absolute Gasteiger partial charge is 0.341 e. The van der Waals surface area contributed by atoms with Crippen LogP contribution in [0, 0.1) is 11.8 Å². The minimum atomic E-state index is -0.339. The fraction of sp³-hybridized carbons (Fsp3) is 0.917. The summed E-state index contributed by atoms with van der Waals surface area (Å²) >= 11 is 0. The van der Waals surface area contributed by atoms with E-state index in [1.165, 1.54) is 0 Å². The van der Waals surface area contributed by atoms with Gasteiger partial charge in [0.15, 0.2) is 0 Å². The highest BCUT2D eigenvalue weighted by Crippen LogP contribution is 2.09. The molecule has 0 spiro atoms. The lowest BCUT2D eigenvalue weighted by Gasteiger charge is -2.28. The summed E-state index contributed by atoms with van der Waals surface area (Å²) in [6.45, 7) is 11.9. The van der Waals surface area contributed by atoms with Crippen molar-refractivity contribution in [3.8, 4) is 0 Å². The van der Waals surface area contributed by atoms with Crippen LogP contribution in [0.25, 0.3) is 0 Å². The van der Waals surface area contributed by atoms with Crippen LogP contribution in [0.15, 0.2) is 0 Å². The number of nitrogens with two attached hydrogens (primary N) is 1. The second-order valence-corrected chi connectivity index (χ2v) is 4.68. The van der Waals surface area contributed by atoms with E-state index in [0.29, 0.717) is 5.92 Å². The van der Waals surface area contributed by atoms with Crippen molar-refractivity contribution < 1.29 is 4.79 Å². The van der Waals surface area contributed by atoms with Gasteiger partial charge in [0.05, 0.1) is 6.04 Å². The lowest BCUT2D eigenvalue weighted by molar-refractivity contribution is -0.134. The van der Waals surface area contributed by atoms with E-state index in [1.54, 1.807) is 0 Å². The second-order valence-electron chi connectivity index (χ2n) is 4.68. The van der Waals surface area contributed by atoms with E-state index in [-0.39, 0.29) is 30.3 Å². The van der Waals surface area contributed by atoms with Crippen molar-refractivity contribution in [2.45, 2.75) is 47.1 Å². The minimum absolute atomic E-state index is 0. The Morgan fingerprint density at radius 2 is 1.75 bits per heavy atom. The molecule has 2 N–H and O–H groups in total. The fourth-order valence-electron chi connectivity index (χ4n) is 1.52. The summed E-state index contributed by atoms with van der Waals surface area (Å²) < 4.78 is 0. The lowest BCUT2D eigenvalue weighted by Crippen LogP contribution is -2.48. The summed E-state index contributed by atoms with van der Waals surface area (Å²) in [6, 6.07) is -0.339. The fourth-order valence-corrected chi connectivity index (χ4v) is 1.52. The standard InChI is InChI=1S/C12H26N2O.ClH/c1-6-10(5)11(13)12(15)14(7-2)8-9(3)4;/h9-11H,6-8,13H2,1-5H3;1H. The van der Waals surface area contributed by atoms with Crippen molar-refractivity contribution in [1.29, 1.82) is 0 Å². The van der Waals surface area contributed by atoms with Gasteiger partial charge >= 0.3 is 0 Å². The van der Waals surface area contributed by atoms with Crippen LogP contribution in [0.3, 0.4) is 0 Å². The third-order valence-corrected chi connectivity index (χ3v) is 2.82. The lowest BCUT2D eigenvalue weighted by atomic mass is 9.98. The molecule has 0 bridgehead atoms. The average molecular weight is 251 g/mol. The molecular formula is C12H27ClN2O. The van der Waals surface area contributed by atoms with Crippen LogP contribution >= 0.6 is 12.4 Å². The van der Waals surface area contributed by atoms with Gasteiger partial charge in [-0.3, -0.25) is 4.79 Å². The molecular weight excluding hydrogens is 224 g/mol. The molecule has 4 heteroatoms. The second kappa shape index (κ2) is 8.82. The van der Waals surface area contributed by atoms with Gasteiger partial charge in [0, 0.05) is 13.1 Å². The first-order chi connectivity index (χ1) is 6.93. The molecule has 0 rings (SSSR count). The minimum Gasteiger partial charge on any atom is -0.341 e. The molecule has 0 fully saturated rings. The third kappa shape index (κ3) is 5.71. The van der Waals surface area contributed by atoms with Crippen molar-refractivity contribution >= 4 is 18.3 Å². The Morgan fingerprint density at radius 1 is 1.25 bits per heavy atom. The van der Waals surface area contributed by atoms with Crippen LogP contribution in [0.2, 0.25) is 0 Å². The SMILES string of the molecule is CCC(C)C(N)C(=O)N(CC)CC(C)C.Cl. The zero-order valence-corrected chi connectivity index (χ0v) is 12.0. The van der Waals surface area contributed by atoms with E-state index in [9.17, 15) is 4.79 Å². The van der Waals surface area contributed by atoms with Gasteiger partial charge in [-0.2, -0.15) is 0 Å². The molecule has 16 heavy (non-hydrogen) atoms. The van der Waals surface area contributed by atoms with E-state index in [0.717, 1.165) is 19.5 Å². The van der Waals surface area contributed by atoms with E-state index < -0.39 is 0 Å². The van der Waals surface area contributed by atoms with Gasteiger partial charge in [-0.1, -0.05) is 34.1 Å². The highest BCUT2D eigenvalue weighted by atomic mass is 35.5. The van der Waals surface area contributed by atoms with Crippen molar-refractivity contribution in [2.24, 2.45) is 17.6 Å². The molecule has 98 valence electrons. The van der Waals surface area contributed by atoms with Crippen LogP contribution in [0.5, 0.6) is 0 Å². The summed E-state index contributed by atoms with van der Waals surface area (Å²) in [5.41, 5.74) is 5.93. The van der Waals surface area contributed by atoms with Gasteiger partial charge in [-0.25, -0.2) is 0 Å². The zero-order chi connectivity index (χ0) is 12.0. The van der Waals surface area contributed by atoms with Crippen LogP contribution in [0.1, 0.15) is 41.0 Å². The predicted molar refractivity (Wildman–Crippen MR) is 71.8 cm³/mol. The number of likely N-dealkylation sites (N-methyl/N-ethyl adjacent to an activating group) is 1. The van der Waals surface area contributed by atoms with Crippen molar-refractivity contribution in [1.82, 2.24) is 4.90 Å². The first-order valence-corrected chi connectivity index (χ1v) is 5.98. The molecule has 2 unspecified atom stereocenters. The summed E-state index contributed by atoms with van der Waals surface area (Å²) in [7, 11) is 0. The molecule has 2 atom stereocenters. The topological polar surface area (TPSA) is 46.3 Å². The molecule has 0 aromatic carbocycles. The molecule has 0 aromatic heterocycles. The number of halogens is 1. The van der Waals surface area contributed by atoms with Crippen LogP contribution in [-0.2, 0) is 4.79 Å². The van der Waals surface area contributed by atoms with E-state index in [2.05, 4.69) is 20.8 Å². The van der Waals surface area contributed by atoms with Gasteiger partial charge < -0.3 is 10.6 Å². The summed E-state index contributed by atoms with van der Waals surface area (Å²) in [6.07, 6.45) is 0.951. The van der Waals surface area contributed by atoms with Gasteiger partial charge in [-0.15, -0.1) is 12.4 Å². The number of hydrogen-bond acceptors (Lipinski definition) is 2. The molecule has 0 aliphatic heterocycles. The number of hydrogen-bond donors (Lipinski definition) is 1. The van der Waals surface area contributed by atoms with Crippen molar-refractivity contribution in [3.05, 3.63) is 0 Å². The first-order valence-electron chi connectivity index (χ1n) is 5.98. The van der Waals surface area contributed by atoms with E-state index in [1.807, 2.05) is 18.7 Å². The molecule has 0 heterocycles. The van der Waals surface area contributed by atoms with E-state index >= 15 is 0 Å². The van der Waals surface area contributed by atoms with Gasteiger partial charge in [0.25, 0.3) is 0 Å². The van der Waals surface area contributed by atoms with Crippen LogP contribution in [-0.4, -0.2) is 29.9 Å². The predicted octanol–water partition coefficient (Wildman–Crippen LogP) is 2.29. The Morgan fingerprint density at radius 3 is 2.06 bits per heavy atom. The Kier molecular flexibility index (Phi) is 9.98. The Hall–Kier alpha value is -0.280. The number of rotatable bonds is 6. The molecule has 1 amide bonds. The third-order valence-electron chi connectivity index (χ3n) is 2.82. The van der Waals surface area contributed by atoms with Crippen molar-refractivity contribution in [3.63, 3.8) is 0 Å². The molecule has 0 aliphatic rings. The average Bonchev–Trinajstić information content (AvgIpc) is 2.22. The smallest absolute Gasteiger partial charge is 0.239 e. The molecule has 0 aromatic rings. The molecule has 0 saturated carbocycles. The molecule has 3 nitrogen and oxygen atoms in total. The number of amides is 1. The number of carbonyl (C=O) groups excluding carboxylic acids is 1. The maximum absolute atomic E-state index is 12.0. The summed E-state index contributed by atoms with van der Waals surface area (Å²) in [4.78, 5) is 13.9. The maximum atomic E-state index is 12.0. The zero-order valence-electron chi connectivity index (χ0n) is 11.2. The van der Waals surface area contributed by atoms with Crippen molar-refractivity contribution in [2.75, 3.05) is 13.1 Å². The van der Waals surface area contributed by atoms with Gasteiger partial charge in [-0.05, 0) is 18.8 Å².